The fourth-order valence-corrected chi connectivity index (χ4v) is 4.54. The van der Waals surface area contributed by atoms with Crippen molar-refractivity contribution in [2.45, 2.75) is 78.6 Å². The van der Waals surface area contributed by atoms with Crippen molar-refractivity contribution in [1.82, 2.24) is 5.32 Å². The van der Waals surface area contributed by atoms with E-state index >= 15 is 0 Å². The molecular formula is C36H46N2O6. The van der Waals surface area contributed by atoms with Crippen LogP contribution in [0.25, 0.3) is 6.08 Å². The number of carbonyl (C=O) groups is 3. The molecule has 1 aromatic rings. The first kappa shape index (κ1) is 35.8. The van der Waals surface area contributed by atoms with Gasteiger partial charge in [-0.3, -0.25) is 4.79 Å². The summed E-state index contributed by atoms with van der Waals surface area (Å²) in [7, 11) is 0. The summed E-state index contributed by atoms with van der Waals surface area (Å²) >= 11 is 0. The number of benzene rings is 1. The van der Waals surface area contributed by atoms with E-state index < -0.39 is 30.4 Å². The van der Waals surface area contributed by atoms with Gasteiger partial charge in [0.2, 0.25) is 5.91 Å². The van der Waals surface area contributed by atoms with E-state index in [1.54, 1.807) is 24.4 Å². The van der Waals surface area contributed by atoms with Crippen LogP contribution >= 0.6 is 0 Å². The summed E-state index contributed by atoms with van der Waals surface area (Å²) in [6, 6.07) is 7.68. The molecule has 44 heavy (non-hydrogen) atoms. The van der Waals surface area contributed by atoms with Crippen molar-refractivity contribution >= 4 is 24.0 Å². The predicted molar refractivity (Wildman–Crippen MR) is 175 cm³/mol. The van der Waals surface area contributed by atoms with Crippen LogP contribution in [0, 0.1) is 5.92 Å². The molecule has 0 saturated carbocycles. The number of primary amides is 1. The molecule has 0 aliphatic carbocycles. The number of ether oxygens (including phenoxy) is 2. The number of hydrogen-bond acceptors (Lipinski definition) is 6. The molecule has 4 atom stereocenters. The van der Waals surface area contributed by atoms with Crippen LogP contribution in [0.5, 0.6) is 0 Å². The minimum absolute atomic E-state index is 0.126. The lowest BCUT2D eigenvalue weighted by atomic mass is 9.95. The second-order valence-electron chi connectivity index (χ2n) is 11.2. The van der Waals surface area contributed by atoms with E-state index in [2.05, 4.69) is 5.32 Å². The molecule has 236 valence electrons. The zero-order chi connectivity index (χ0) is 32.5. The van der Waals surface area contributed by atoms with Crippen LogP contribution in [0.15, 0.2) is 102 Å². The van der Waals surface area contributed by atoms with Gasteiger partial charge in [-0.05, 0) is 70.2 Å². The van der Waals surface area contributed by atoms with Gasteiger partial charge in [0.15, 0.2) is 0 Å². The molecule has 2 rings (SSSR count). The molecular weight excluding hydrogens is 556 g/mol. The van der Waals surface area contributed by atoms with Gasteiger partial charge < -0.3 is 25.6 Å². The number of amides is 2. The lowest BCUT2D eigenvalue weighted by Crippen LogP contribution is -2.32. The number of esters is 1. The van der Waals surface area contributed by atoms with Gasteiger partial charge in [0.1, 0.15) is 18.3 Å². The zero-order valence-electron chi connectivity index (χ0n) is 26.4. The van der Waals surface area contributed by atoms with Gasteiger partial charge in [0.05, 0.1) is 0 Å². The van der Waals surface area contributed by atoms with Gasteiger partial charge in [-0.2, -0.15) is 0 Å². The van der Waals surface area contributed by atoms with Crippen LogP contribution in [0.1, 0.15) is 65.0 Å². The van der Waals surface area contributed by atoms with E-state index in [1.165, 1.54) is 12.2 Å². The molecule has 4 N–H and O–H groups in total. The Kier molecular flexibility index (Phi) is 15.4. The van der Waals surface area contributed by atoms with Crippen molar-refractivity contribution in [1.29, 1.82) is 0 Å². The van der Waals surface area contributed by atoms with Crippen LogP contribution in [-0.4, -0.2) is 41.4 Å². The monoisotopic (exact) mass is 602 g/mol. The van der Waals surface area contributed by atoms with Crippen molar-refractivity contribution in [3.63, 3.8) is 0 Å². The molecule has 0 aromatic heterocycles. The highest BCUT2D eigenvalue weighted by atomic mass is 16.6. The second kappa shape index (κ2) is 19.0. The molecule has 1 aliphatic heterocycles. The maximum absolute atomic E-state index is 12.9. The Morgan fingerprint density at radius 1 is 1.18 bits per heavy atom. The maximum Gasteiger partial charge on any atom is 0.404 e. The van der Waals surface area contributed by atoms with Crippen LogP contribution in [-0.2, 0) is 25.5 Å². The zero-order valence-corrected chi connectivity index (χ0v) is 26.4. The van der Waals surface area contributed by atoms with Crippen LogP contribution in [0.4, 0.5) is 4.79 Å². The number of nitrogens with one attached hydrogen (secondary N) is 1. The van der Waals surface area contributed by atoms with Crippen LogP contribution in [0.3, 0.4) is 0 Å². The first-order chi connectivity index (χ1) is 20.9. The number of rotatable bonds is 6. The number of hydrogen-bond donors (Lipinski definition) is 3. The highest BCUT2D eigenvalue weighted by Gasteiger charge is 2.21. The highest BCUT2D eigenvalue weighted by molar-refractivity contribution is 5.88. The van der Waals surface area contributed by atoms with Gasteiger partial charge in [-0.25, -0.2) is 9.59 Å². The smallest absolute Gasteiger partial charge is 0.404 e. The van der Waals surface area contributed by atoms with Gasteiger partial charge >= 0.3 is 12.1 Å². The molecule has 0 fully saturated rings. The molecule has 1 aliphatic rings. The van der Waals surface area contributed by atoms with E-state index in [-0.39, 0.29) is 11.8 Å². The van der Waals surface area contributed by atoms with Crippen LogP contribution < -0.4 is 11.1 Å². The molecule has 0 unspecified atom stereocenters. The van der Waals surface area contributed by atoms with Gasteiger partial charge in [-0.15, -0.1) is 0 Å². The summed E-state index contributed by atoms with van der Waals surface area (Å²) in [4.78, 5) is 36.2. The van der Waals surface area contributed by atoms with E-state index in [9.17, 15) is 19.5 Å². The summed E-state index contributed by atoms with van der Waals surface area (Å²) in [5.41, 5.74) is 9.88. The summed E-state index contributed by atoms with van der Waals surface area (Å²) in [5.74, 6) is -0.760. The van der Waals surface area contributed by atoms with Gasteiger partial charge in [0.25, 0.3) is 0 Å². The first-order valence-electron chi connectivity index (χ1n) is 14.8. The van der Waals surface area contributed by atoms with Crippen molar-refractivity contribution < 1.29 is 29.0 Å². The number of cyclic esters (lactones) is 1. The maximum atomic E-state index is 12.9. The van der Waals surface area contributed by atoms with Gasteiger partial charge in [0, 0.05) is 30.7 Å². The third-order valence-electron chi connectivity index (χ3n) is 6.73. The molecule has 1 heterocycles. The third-order valence-corrected chi connectivity index (χ3v) is 6.73. The van der Waals surface area contributed by atoms with E-state index in [1.807, 2.05) is 89.3 Å². The SMILES string of the molecule is CC(C)=CC(=O)N/C=C/C(C)=C/[C@@H](C)[C@H]1C/C(C)=C/C=C/CC[C@H](OC(N)=O)[C@@H](O)/C=C/Cc2cccc(c2)/C=C/C(=O)O1. The number of allylic oxidation sites excluding steroid dienone is 7. The third kappa shape index (κ3) is 14.6. The molecule has 0 saturated heterocycles. The molecule has 1 aromatic carbocycles. The number of aliphatic hydroxyl groups is 1. The van der Waals surface area contributed by atoms with Crippen molar-refractivity contribution in [3.05, 3.63) is 113 Å². The molecule has 8 nitrogen and oxygen atoms in total. The Morgan fingerprint density at radius 3 is 2.68 bits per heavy atom. The molecule has 0 spiro atoms. The first-order valence-corrected chi connectivity index (χ1v) is 14.8. The summed E-state index contributed by atoms with van der Waals surface area (Å²) in [6.45, 7) is 9.59. The lowest BCUT2D eigenvalue weighted by molar-refractivity contribution is -0.144. The fourth-order valence-electron chi connectivity index (χ4n) is 4.54. The number of fused-ring (bicyclic) bond motifs is 2. The normalized spacial score (nSPS) is 24.5. The Labute approximate surface area is 261 Å². The van der Waals surface area contributed by atoms with Crippen molar-refractivity contribution in [2.75, 3.05) is 0 Å². The average Bonchev–Trinajstić information content (AvgIpc) is 2.94. The highest BCUT2D eigenvalue weighted by Crippen LogP contribution is 2.21. The summed E-state index contributed by atoms with van der Waals surface area (Å²) in [6.07, 6.45) is 18.1. The summed E-state index contributed by atoms with van der Waals surface area (Å²) in [5, 5.41) is 13.3. The van der Waals surface area contributed by atoms with Crippen LogP contribution in [0.2, 0.25) is 0 Å². The number of nitrogens with two attached hydrogens (primary N) is 1. The van der Waals surface area contributed by atoms with E-state index in [4.69, 9.17) is 15.2 Å². The Hall–Kier alpha value is -4.43. The molecule has 0 radical (unpaired) electrons. The largest absolute Gasteiger partial charge is 0.458 e. The summed E-state index contributed by atoms with van der Waals surface area (Å²) < 4.78 is 11.1. The van der Waals surface area contributed by atoms with Crippen molar-refractivity contribution in [2.24, 2.45) is 11.7 Å². The Morgan fingerprint density at radius 2 is 1.95 bits per heavy atom. The lowest BCUT2D eigenvalue weighted by Gasteiger charge is -2.22. The standard InChI is InChI=1S/C36H46N2O6/c1-25(2)21-34(40)38-20-19-27(4)22-28(5)33-23-26(3)11-7-6-8-16-32(44-36(37)42)31(39)15-10-14-29-12-9-13-30(24-29)17-18-35(41)43-33/h6-7,9-13,15,17-22,24,28,31-33,39H,8,14,16,23H2,1-5H3,(H2,37,42)(H,38,40)/b7-6+,15-10+,18-17+,20-19+,26-11+,27-22+/t28-,31+,32+,33-/m1/s1. The van der Waals surface area contributed by atoms with E-state index in [0.717, 1.165) is 27.8 Å². The minimum atomic E-state index is -1.00. The number of carbonyl (C=O) groups excluding carboxylic acids is 3. The van der Waals surface area contributed by atoms with E-state index in [0.29, 0.717) is 25.7 Å². The molecule has 2 amide bonds. The molecule has 8 heteroatoms. The Bertz CT molecular complexity index is 1340. The number of aliphatic hydroxyl groups excluding tert-OH is 1. The average molecular weight is 603 g/mol. The minimum Gasteiger partial charge on any atom is -0.458 e. The molecule has 2 bridgehead atoms. The quantitative estimate of drug-likeness (QED) is 0.150. The predicted octanol–water partition coefficient (Wildman–Crippen LogP) is 6.40. The van der Waals surface area contributed by atoms with Gasteiger partial charge in [-0.1, -0.05) is 84.4 Å². The van der Waals surface area contributed by atoms with Crippen molar-refractivity contribution in [3.8, 4) is 0 Å². The Balaban J connectivity index is 2.31. The second-order valence-corrected chi connectivity index (χ2v) is 11.2. The fraction of sp³-hybridized carbons (Fsp3) is 0.361. The topological polar surface area (TPSA) is 128 Å².